The van der Waals surface area contributed by atoms with Crippen LogP contribution in [-0.4, -0.2) is 38.8 Å². The van der Waals surface area contributed by atoms with Crippen LogP contribution in [0.5, 0.6) is 0 Å². The smallest absolute Gasteiger partial charge is 0.191 e. The SMILES string of the molecule is CCN=C(NC(CC)CS(=O)(=O)c1ccccc1)NC(C)C(C)C.I. The van der Waals surface area contributed by atoms with E-state index in [1.165, 1.54) is 0 Å². The summed E-state index contributed by atoms with van der Waals surface area (Å²) < 4.78 is 25.1. The molecule has 0 saturated carbocycles. The highest BCUT2D eigenvalue weighted by Gasteiger charge is 2.21. The summed E-state index contributed by atoms with van der Waals surface area (Å²) in [4.78, 5) is 4.80. The molecule has 0 spiro atoms. The molecule has 0 aliphatic rings. The molecule has 7 heteroatoms. The first-order chi connectivity index (χ1) is 11.3. The Morgan fingerprint density at radius 2 is 1.68 bits per heavy atom. The van der Waals surface area contributed by atoms with Gasteiger partial charge in [-0.3, -0.25) is 4.99 Å². The second kappa shape index (κ2) is 11.7. The molecule has 0 aliphatic carbocycles. The van der Waals surface area contributed by atoms with Gasteiger partial charge in [-0.25, -0.2) is 8.42 Å². The van der Waals surface area contributed by atoms with Crippen LogP contribution in [-0.2, 0) is 9.84 Å². The van der Waals surface area contributed by atoms with Crippen molar-refractivity contribution in [2.75, 3.05) is 12.3 Å². The molecule has 0 aromatic heterocycles. The summed E-state index contributed by atoms with van der Waals surface area (Å²) in [6.45, 7) is 11.0. The van der Waals surface area contributed by atoms with Gasteiger partial charge in [0.25, 0.3) is 0 Å². The van der Waals surface area contributed by atoms with Gasteiger partial charge >= 0.3 is 0 Å². The van der Waals surface area contributed by atoms with E-state index < -0.39 is 9.84 Å². The van der Waals surface area contributed by atoms with E-state index in [4.69, 9.17) is 0 Å². The van der Waals surface area contributed by atoms with E-state index in [1.54, 1.807) is 24.3 Å². The van der Waals surface area contributed by atoms with Crippen molar-refractivity contribution in [2.45, 2.75) is 58.0 Å². The fraction of sp³-hybridized carbons (Fsp3) is 0.611. The third-order valence-corrected chi connectivity index (χ3v) is 5.87. The normalized spacial score (nSPS) is 14.6. The highest BCUT2D eigenvalue weighted by Crippen LogP contribution is 2.12. The monoisotopic (exact) mass is 481 g/mol. The Balaban J connectivity index is 0.00000576. The topological polar surface area (TPSA) is 70.6 Å². The lowest BCUT2D eigenvalue weighted by Crippen LogP contribution is -2.49. The largest absolute Gasteiger partial charge is 0.354 e. The Kier molecular flexibility index (Phi) is 11.3. The molecule has 5 nitrogen and oxygen atoms in total. The van der Waals surface area contributed by atoms with Crippen molar-refractivity contribution in [3.8, 4) is 0 Å². The van der Waals surface area contributed by atoms with E-state index in [0.29, 0.717) is 29.7 Å². The van der Waals surface area contributed by atoms with Crippen molar-refractivity contribution < 1.29 is 8.42 Å². The average Bonchev–Trinajstić information content (AvgIpc) is 2.54. The van der Waals surface area contributed by atoms with Crippen molar-refractivity contribution in [1.29, 1.82) is 0 Å². The molecule has 0 aliphatic heterocycles. The standard InChI is InChI=1S/C18H31N3O2S.HI/c1-6-16(13-24(22,23)17-11-9-8-10-12-17)21-18(19-7-2)20-15(5)14(3)4;/h8-12,14-16H,6-7,13H2,1-5H3,(H2,19,20,21);1H. The molecule has 2 unspecified atom stereocenters. The van der Waals surface area contributed by atoms with E-state index in [1.807, 2.05) is 19.9 Å². The Hall–Kier alpha value is -0.830. The van der Waals surface area contributed by atoms with Crippen LogP contribution in [0, 0.1) is 5.92 Å². The summed E-state index contributed by atoms with van der Waals surface area (Å²) in [5.74, 6) is 1.18. The first-order valence-corrected chi connectivity index (χ1v) is 10.3. The van der Waals surface area contributed by atoms with Crippen molar-refractivity contribution in [1.82, 2.24) is 10.6 Å². The lowest BCUT2D eigenvalue weighted by Gasteiger charge is -2.25. The number of aliphatic imine (C=N–C) groups is 1. The van der Waals surface area contributed by atoms with Gasteiger partial charge < -0.3 is 10.6 Å². The molecular formula is C18H32IN3O2S. The van der Waals surface area contributed by atoms with Gasteiger partial charge in [-0.2, -0.15) is 0 Å². The quantitative estimate of drug-likeness (QED) is 0.339. The number of hydrogen-bond donors (Lipinski definition) is 2. The molecule has 144 valence electrons. The van der Waals surface area contributed by atoms with Gasteiger partial charge in [0.15, 0.2) is 15.8 Å². The number of nitrogens with one attached hydrogen (secondary N) is 2. The summed E-state index contributed by atoms with van der Waals surface area (Å²) in [6, 6.07) is 8.66. The van der Waals surface area contributed by atoms with E-state index in [2.05, 4.69) is 36.4 Å². The van der Waals surface area contributed by atoms with Gasteiger partial charge in [0, 0.05) is 18.6 Å². The molecule has 0 amide bonds. The van der Waals surface area contributed by atoms with Gasteiger partial charge in [-0.1, -0.05) is 39.0 Å². The third kappa shape index (κ3) is 8.40. The van der Waals surface area contributed by atoms with Gasteiger partial charge in [0.2, 0.25) is 0 Å². The maximum Gasteiger partial charge on any atom is 0.191 e. The lowest BCUT2D eigenvalue weighted by molar-refractivity contribution is 0.475. The zero-order chi connectivity index (χ0) is 18.2. The van der Waals surface area contributed by atoms with Crippen LogP contribution in [0.15, 0.2) is 40.2 Å². The van der Waals surface area contributed by atoms with E-state index in [0.717, 1.165) is 0 Å². The highest BCUT2D eigenvalue weighted by atomic mass is 127. The second-order valence-electron chi connectivity index (χ2n) is 6.34. The molecule has 0 fully saturated rings. The summed E-state index contributed by atoms with van der Waals surface area (Å²) in [5.41, 5.74) is 0. The van der Waals surface area contributed by atoms with Crippen molar-refractivity contribution >= 4 is 39.8 Å². The van der Waals surface area contributed by atoms with Crippen LogP contribution in [0.25, 0.3) is 0 Å². The van der Waals surface area contributed by atoms with Gasteiger partial charge in [0.1, 0.15) is 0 Å². The van der Waals surface area contributed by atoms with Crippen LogP contribution in [0.2, 0.25) is 0 Å². The van der Waals surface area contributed by atoms with Gasteiger partial charge in [-0.15, -0.1) is 24.0 Å². The van der Waals surface area contributed by atoms with Crippen molar-refractivity contribution in [3.63, 3.8) is 0 Å². The molecule has 0 bridgehead atoms. The number of benzene rings is 1. The van der Waals surface area contributed by atoms with Crippen molar-refractivity contribution in [2.24, 2.45) is 10.9 Å². The Morgan fingerprint density at radius 3 is 2.16 bits per heavy atom. The molecule has 1 rings (SSSR count). The lowest BCUT2D eigenvalue weighted by atomic mass is 10.1. The Morgan fingerprint density at radius 1 is 1.08 bits per heavy atom. The minimum absolute atomic E-state index is 0. The van der Waals surface area contributed by atoms with Gasteiger partial charge in [0.05, 0.1) is 10.6 Å². The first kappa shape index (κ1) is 24.2. The average molecular weight is 481 g/mol. The van der Waals surface area contributed by atoms with Crippen LogP contribution < -0.4 is 10.6 Å². The third-order valence-electron chi connectivity index (χ3n) is 4.04. The molecule has 0 radical (unpaired) electrons. The number of guanidine groups is 1. The number of halogens is 1. The van der Waals surface area contributed by atoms with E-state index >= 15 is 0 Å². The van der Waals surface area contributed by atoms with Crippen LogP contribution in [0.4, 0.5) is 0 Å². The fourth-order valence-electron chi connectivity index (χ4n) is 2.12. The highest BCUT2D eigenvalue weighted by molar-refractivity contribution is 14.0. The van der Waals surface area contributed by atoms with Gasteiger partial charge in [-0.05, 0) is 38.3 Å². The molecule has 2 N–H and O–H groups in total. The minimum Gasteiger partial charge on any atom is -0.354 e. The molecule has 0 heterocycles. The van der Waals surface area contributed by atoms with Crippen LogP contribution in [0.1, 0.15) is 41.0 Å². The zero-order valence-corrected chi connectivity index (χ0v) is 19.0. The molecular weight excluding hydrogens is 449 g/mol. The first-order valence-electron chi connectivity index (χ1n) is 8.65. The predicted molar refractivity (Wildman–Crippen MR) is 117 cm³/mol. The summed E-state index contributed by atoms with van der Waals surface area (Å²) in [6.07, 6.45) is 0.701. The second-order valence-corrected chi connectivity index (χ2v) is 8.38. The molecule has 2 atom stereocenters. The summed E-state index contributed by atoms with van der Waals surface area (Å²) in [7, 11) is -3.32. The van der Waals surface area contributed by atoms with E-state index in [-0.39, 0.29) is 41.8 Å². The molecule has 25 heavy (non-hydrogen) atoms. The number of sulfone groups is 1. The Bertz CT molecular complexity index is 618. The molecule has 1 aromatic carbocycles. The minimum atomic E-state index is -3.32. The number of rotatable bonds is 8. The van der Waals surface area contributed by atoms with Crippen LogP contribution >= 0.6 is 24.0 Å². The maximum atomic E-state index is 12.6. The molecule has 0 saturated heterocycles. The van der Waals surface area contributed by atoms with Crippen molar-refractivity contribution in [3.05, 3.63) is 30.3 Å². The molecule has 1 aromatic rings. The predicted octanol–water partition coefficient (Wildman–Crippen LogP) is 3.46. The number of nitrogens with zero attached hydrogens (tertiary/aromatic N) is 1. The zero-order valence-electron chi connectivity index (χ0n) is 15.8. The fourth-order valence-corrected chi connectivity index (χ4v) is 3.73. The van der Waals surface area contributed by atoms with Crippen LogP contribution in [0.3, 0.4) is 0 Å². The summed E-state index contributed by atoms with van der Waals surface area (Å²) in [5, 5.41) is 6.63. The maximum absolute atomic E-state index is 12.6. The summed E-state index contributed by atoms with van der Waals surface area (Å²) >= 11 is 0. The number of hydrogen-bond acceptors (Lipinski definition) is 3. The van der Waals surface area contributed by atoms with E-state index in [9.17, 15) is 8.42 Å². The Labute approximate surface area is 170 Å².